The Hall–Kier alpha value is -0.120. The van der Waals surface area contributed by atoms with Crippen LogP contribution in [-0.4, -0.2) is 31.3 Å². The lowest BCUT2D eigenvalue weighted by atomic mass is 9.91. The smallest absolute Gasteiger partial charge is 0.0471 e. The van der Waals surface area contributed by atoms with Gasteiger partial charge in [0.15, 0.2) is 0 Å². The molecule has 0 saturated carbocycles. The lowest BCUT2D eigenvalue weighted by Gasteiger charge is -2.29. The summed E-state index contributed by atoms with van der Waals surface area (Å²) in [6.07, 6.45) is 1.08. The number of rotatable bonds is 4. The van der Waals surface area contributed by atoms with Crippen LogP contribution in [0.5, 0.6) is 0 Å². The Morgan fingerprint density at radius 2 is 2.30 bits per heavy atom. The third kappa shape index (κ3) is 1.94. The van der Waals surface area contributed by atoms with Crippen molar-refractivity contribution in [2.24, 2.45) is 17.6 Å². The summed E-state index contributed by atoms with van der Waals surface area (Å²) < 4.78 is 0. The highest BCUT2D eigenvalue weighted by Crippen LogP contribution is 2.14. The zero-order valence-corrected chi connectivity index (χ0v) is 6.21. The van der Waals surface area contributed by atoms with Gasteiger partial charge < -0.3 is 16.2 Å². The van der Waals surface area contributed by atoms with Crippen molar-refractivity contribution in [1.29, 1.82) is 0 Å². The molecular weight excluding hydrogens is 128 g/mol. The van der Waals surface area contributed by atoms with Gasteiger partial charge in [-0.3, -0.25) is 0 Å². The zero-order valence-electron chi connectivity index (χ0n) is 6.21. The molecule has 1 aliphatic heterocycles. The monoisotopic (exact) mass is 144 g/mol. The summed E-state index contributed by atoms with van der Waals surface area (Å²) in [4.78, 5) is 0. The van der Waals surface area contributed by atoms with Crippen molar-refractivity contribution in [2.45, 2.75) is 6.42 Å². The van der Waals surface area contributed by atoms with Gasteiger partial charge in [0.1, 0.15) is 0 Å². The Labute approximate surface area is 61.6 Å². The maximum Gasteiger partial charge on any atom is 0.0471 e. The molecule has 1 heterocycles. The van der Waals surface area contributed by atoms with Gasteiger partial charge in [-0.15, -0.1) is 0 Å². The standard InChI is InChI=1S/C7H16N2O/c8-2-6(5-10)1-7-3-9-4-7/h6-7,9-10H,1-5,8H2. The summed E-state index contributed by atoms with van der Waals surface area (Å²) in [6, 6.07) is 0. The van der Waals surface area contributed by atoms with E-state index in [2.05, 4.69) is 5.32 Å². The minimum atomic E-state index is 0.243. The van der Waals surface area contributed by atoms with Crippen molar-refractivity contribution in [3.8, 4) is 0 Å². The topological polar surface area (TPSA) is 58.3 Å². The van der Waals surface area contributed by atoms with Gasteiger partial charge >= 0.3 is 0 Å². The number of hydrogen-bond acceptors (Lipinski definition) is 3. The fourth-order valence-electron chi connectivity index (χ4n) is 1.23. The van der Waals surface area contributed by atoms with Gasteiger partial charge in [0.25, 0.3) is 0 Å². The summed E-state index contributed by atoms with van der Waals surface area (Å²) >= 11 is 0. The predicted octanol–water partition coefficient (Wildman–Crippen LogP) is -0.837. The van der Waals surface area contributed by atoms with Gasteiger partial charge in [-0.05, 0) is 37.9 Å². The van der Waals surface area contributed by atoms with Crippen molar-refractivity contribution in [1.82, 2.24) is 5.32 Å². The Morgan fingerprint density at radius 1 is 1.60 bits per heavy atom. The van der Waals surface area contributed by atoms with Crippen molar-refractivity contribution in [3.63, 3.8) is 0 Å². The van der Waals surface area contributed by atoms with E-state index in [-0.39, 0.29) is 6.61 Å². The summed E-state index contributed by atoms with van der Waals surface area (Å²) in [5.41, 5.74) is 5.43. The average Bonchev–Trinajstić information content (AvgIpc) is 1.87. The molecule has 1 atom stereocenters. The third-order valence-electron chi connectivity index (χ3n) is 2.12. The van der Waals surface area contributed by atoms with Crippen LogP contribution in [-0.2, 0) is 0 Å². The molecule has 0 aromatic rings. The Balaban J connectivity index is 2.08. The lowest BCUT2D eigenvalue weighted by molar-refractivity contribution is 0.185. The second-order valence-electron chi connectivity index (χ2n) is 3.04. The normalized spacial score (nSPS) is 22.2. The van der Waals surface area contributed by atoms with Crippen LogP contribution in [0.2, 0.25) is 0 Å². The summed E-state index contributed by atoms with van der Waals surface area (Å²) in [7, 11) is 0. The van der Waals surface area contributed by atoms with Gasteiger partial charge in [0.2, 0.25) is 0 Å². The Morgan fingerprint density at radius 3 is 2.60 bits per heavy atom. The molecule has 0 bridgehead atoms. The molecule has 0 amide bonds. The van der Waals surface area contributed by atoms with Crippen LogP contribution in [0.4, 0.5) is 0 Å². The Bertz CT molecular complexity index is 89.6. The van der Waals surface area contributed by atoms with Crippen LogP contribution in [0, 0.1) is 11.8 Å². The van der Waals surface area contributed by atoms with Gasteiger partial charge in [0, 0.05) is 6.61 Å². The fourth-order valence-corrected chi connectivity index (χ4v) is 1.23. The first-order valence-corrected chi connectivity index (χ1v) is 3.88. The molecule has 4 N–H and O–H groups in total. The van der Waals surface area contributed by atoms with E-state index >= 15 is 0 Å². The molecule has 1 saturated heterocycles. The van der Waals surface area contributed by atoms with Crippen LogP contribution in [0.25, 0.3) is 0 Å². The van der Waals surface area contributed by atoms with E-state index < -0.39 is 0 Å². The van der Waals surface area contributed by atoms with Crippen molar-refractivity contribution in [2.75, 3.05) is 26.2 Å². The van der Waals surface area contributed by atoms with Crippen molar-refractivity contribution in [3.05, 3.63) is 0 Å². The molecule has 3 heteroatoms. The van der Waals surface area contributed by atoms with Crippen LogP contribution in [0.3, 0.4) is 0 Å². The molecule has 1 aliphatic rings. The highest BCUT2D eigenvalue weighted by molar-refractivity contribution is 4.77. The molecule has 1 unspecified atom stereocenters. The Kier molecular flexibility index (Phi) is 3.12. The fraction of sp³-hybridized carbons (Fsp3) is 1.00. The number of hydrogen-bond donors (Lipinski definition) is 3. The van der Waals surface area contributed by atoms with Crippen LogP contribution < -0.4 is 11.1 Å². The molecular formula is C7H16N2O. The lowest BCUT2D eigenvalue weighted by Crippen LogP contribution is -2.43. The first-order valence-electron chi connectivity index (χ1n) is 3.88. The van der Waals surface area contributed by atoms with E-state index in [1.54, 1.807) is 0 Å². The maximum atomic E-state index is 8.79. The second kappa shape index (κ2) is 3.91. The summed E-state index contributed by atoms with van der Waals surface area (Å²) in [5.74, 6) is 1.09. The molecule has 0 radical (unpaired) electrons. The van der Waals surface area contributed by atoms with E-state index in [1.165, 1.54) is 0 Å². The van der Waals surface area contributed by atoms with Gasteiger partial charge in [-0.25, -0.2) is 0 Å². The van der Waals surface area contributed by atoms with E-state index in [0.717, 1.165) is 25.4 Å². The number of aliphatic hydroxyl groups is 1. The highest BCUT2D eigenvalue weighted by atomic mass is 16.3. The van der Waals surface area contributed by atoms with Crippen LogP contribution in [0.1, 0.15) is 6.42 Å². The summed E-state index contributed by atoms with van der Waals surface area (Å²) in [6.45, 7) is 3.08. The first-order chi connectivity index (χ1) is 4.86. The van der Waals surface area contributed by atoms with Gasteiger partial charge in [-0.2, -0.15) is 0 Å². The first kappa shape index (κ1) is 7.98. The molecule has 1 rings (SSSR count). The third-order valence-corrected chi connectivity index (χ3v) is 2.12. The van der Waals surface area contributed by atoms with Crippen LogP contribution in [0.15, 0.2) is 0 Å². The number of aliphatic hydroxyl groups excluding tert-OH is 1. The summed E-state index contributed by atoms with van der Waals surface area (Å²) in [5, 5.41) is 12.0. The zero-order chi connectivity index (χ0) is 7.40. The van der Waals surface area contributed by atoms with E-state index in [1.807, 2.05) is 0 Å². The predicted molar refractivity (Wildman–Crippen MR) is 40.6 cm³/mol. The molecule has 0 aromatic heterocycles. The minimum Gasteiger partial charge on any atom is -0.396 e. The molecule has 3 nitrogen and oxygen atoms in total. The quantitative estimate of drug-likeness (QED) is 0.482. The van der Waals surface area contributed by atoms with Crippen molar-refractivity contribution >= 4 is 0 Å². The largest absolute Gasteiger partial charge is 0.396 e. The SMILES string of the molecule is NCC(CO)CC1CNC1. The minimum absolute atomic E-state index is 0.243. The maximum absolute atomic E-state index is 8.79. The molecule has 0 spiro atoms. The van der Waals surface area contributed by atoms with Crippen molar-refractivity contribution < 1.29 is 5.11 Å². The van der Waals surface area contributed by atoms with E-state index in [0.29, 0.717) is 12.5 Å². The number of nitrogens with two attached hydrogens (primary N) is 1. The highest BCUT2D eigenvalue weighted by Gasteiger charge is 2.20. The van der Waals surface area contributed by atoms with E-state index in [4.69, 9.17) is 10.8 Å². The van der Waals surface area contributed by atoms with E-state index in [9.17, 15) is 0 Å². The molecule has 0 aromatic carbocycles. The molecule has 0 aliphatic carbocycles. The van der Waals surface area contributed by atoms with Gasteiger partial charge in [-0.1, -0.05) is 0 Å². The molecule has 1 fully saturated rings. The number of nitrogens with one attached hydrogen (secondary N) is 1. The van der Waals surface area contributed by atoms with Gasteiger partial charge in [0.05, 0.1) is 0 Å². The second-order valence-corrected chi connectivity index (χ2v) is 3.04. The average molecular weight is 144 g/mol. The van der Waals surface area contributed by atoms with Crippen LogP contribution >= 0.6 is 0 Å². The molecule has 10 heavy (non-hydrogen) atoms. The molecule has 60 valence electrons.